The molecule has 2 rings (SSSR count). The van der Waals surface area contributed by atoms with E-state index < -0.39 is 0 Å². The Balaban J connectivity index is 2.15. The maximum Gasteiger partial charge on any atom is 0.487 e. The highest BCUT2D eigenvalue weighted by molar-refractivity contribution is 7.11. The standard InChI is InChI=1S/C13H19BO2S/c1-10(11-7-6-8-17-11)9-14-15-12(2,3)13(4,5)16-14/h6-9H,1-5H3/b10-9+. The van der Waals surface area contributed by atoms with Gasteiger partial charge in [0.1, 0.15) is 0 Å². The molecule has 0 saturated carbocycles. The molecule has 2 nitrogen and oxygen atoms in total. The Morgan fingerprint density at radius 2 is 1.82 bits per heavy atom. The van der Waals surface area contributed by atoms with Crippen LogP contribution in [0, 0.1) is 0 Å². The van der Waals surface area contributed by atoms with Crippen molar-refractivity contribution < 1.29 is 9.31 Å². The van der Waals surface area contributed by atoms with Crippen LogP contribution in [0.5, 0.6) is 0 Å². The Bertz CT molecular complexity index is 405. The molecule has 17 heavy (non-hydrogen) atoms. The van der Waals surface area contributed by atoms with Gasteiger partial charge in [-0.2, -0.15) is 0 Å². The molecule has 1 fully saturated rings. The fourth-order valence-electron chi connectivity index (χ4n) is 1.75. The summed E-state index contributed by atoms with van der Waals surface area (Å²) in [5.74, 6) is 2.06. The van der Waals surface area contributed by atoms with Crippen molar-refractivity contribution in [2.24, 2.45) is 0 Å². The summed E-state index contributed by atoms with van der Waals surface area (Å²) in [7, 11) is -0.248. The third-order valence-electron chi connectivity index (χ3n) is 3.57. The highest BCUT2D eigenvalue weighted by atomic mass is 32.1. The lowest BCUT2D eigenvalue weighted by Gasteiger charge is -2.32. The summed E-state index contributed by atoms with van der Waals surface area (Å²) in [4.78, 5) is 1.26. The Kier molecular flexibility index (Phi) is 3.23. The van der Waals surface area contributed by atoms with E-state index in [9.17, 15) is 0 Å². The molecule has 0 spiro atoms. The first-order chi connectivity index (χ1) is 7.82. The van der Waals surface area contributed by atoms with Crippen LogP contribution < -0.4 is 0 Å². The maximum absolute atomic E-state index is 5.94. The van der Waals surface area contributed by atoms with Crippen molar-refractivity contribution in [2.75, 3.05) is 0 Å². The normalized spacial score (nSPS) is 23.1. The van der Waals surface area contributed by atoms with E-state index in [-0.39, 0.29) is 18.3 Å². The fourth-order valence-corrected chi connectivity index (χ4v) is 2.46. The van der Waals surface area contributed by atoms with Crippen LogP contribution in [-0.2, 0) is 9.31 Å². The molecule has 1 aliphatic heterocycles. The topological polar surface area (TPSA) is 18.5 Å². The summed E-state index contributed by atoms with van der Waals surface area (Å²) in [6.45, 7) is 10.4. The molecule has 0 N–H and O–H groups in total. The van der Waals surface area contributed by atoms with Gasteiger partial charge in [-0.1, -0.05) is 6.07 Å². The van der Waals surface area contributed by atoms with Crippen LogP contribution in [0.4, 0.5) is 0 Å². The highest BCUT2D eigenvalue weighted by Crippen LogP contribution is 2.37. The van der Waals surface area contributed by atoms with Crippen LogP contribution in [0.15, 0.2) is 23.5 Å². The molecule has 0 unspecified atom stereocenters. The third kappa shape index (κ3) is 2.49. The van der Waals surface area contributed by atoms with Gasteiger partial charge in [-0.3, -0.25) is 0 Å². The first-order valence-corrected chi connectivity index (χ1v) is 6.78. The van der Waals surface area contributed by atoms with Crippen LogP contribution in [-0.4, -0.2) is 18.3 Å². The van der Waals surface area contributed by atoms with Crippen LogP contribution >= 0.6 is 11.3 Å². The first-order valence-electron chi connectivity index (χ1n) is 5.90. The minimum atomic E-state index is -0.260. The Labute approximate surface area is 108 Å². The lowest BCUT2D eigenvalue weighted by Crippen LogP contribution is -2.41. The van der Waals surface area contributed by atoms with Crippen molar-refractivity contribution in [1.82, 2.24) is 0 Å². The Morgan fingerprint density at radius 1 is 1.24 bits per heavy atom. The molecule has 1 aromatic rings. The Hall–Kier alpha value is -0.575. The summed E-state index contributed by atoms with van der Waals surface area (Å²) in [5.41, 5.74) is 0.687. The Morgan fingerprint density at radius 3 is 2.29 bits per heavy atom. The SMILES string of the molecule is C/C(=C\B1OC(C)(C)C(C)(C)O1)c1cccs1. The lowest BCUT2D eigenvalue weighted by molar-refractivity contribution is 0.00578. The van der Waals surface area contributed by atoms with Crippen LogP contribution in [0.3, 0.4) is 0 Å². The van der Waals surface area contributed by atoms with Gasteiger partial charge in [-0.25, -0.2) is 0 Å². The number of thiophene rings is 1. The van der Waals surface area contributed by atoms with Gasteiger partial charge in [0.05, 0.1) is 11.2 Å². The molecule has 0 bridgehead atoms. The van der Waals surface area contributed by atoms with E-state index >= 15 is 0 Å². The number of hydrogen-bond donors (Lipinski definition) is 0. The second kappa shape index (κ2) is 4.27. The summed E-state index contributed by atoms with van der Waals surface area (Å²) in [6.07, 6.45) is 0. The fraction of sp³-hybridized carbons (Fsp3) is 0.538. The predicted octanol–water partition coefficient (Wildman–Crippen LogP) is 3.78. The van der Waals surface area contributed by atoms with E-state index in [4.69, 9.17) is 9.31 Å². The maximum atomic E-state index is 5.94. The molecule has 0 amide bonds. The number of hydrogen-bond acceptors (Lipinski definition) is 3. The molecule has 0 aromatic carbocycles. The summed E-state index contributed by atoms with van der Waals surface area (Å²) >= 11 is 1.73. The summed E-state index contributed by atoms with van der Waals surface area (Å²) < 4.78 is 11.9. The molecule has 0 atom stereocenters. The zero-order valence-electron chi connectivity index (χ0n) is 11.1. The van der Waals surface area contributed by atoms with Gasteiger partial charge in [0.15, 0.2) is 0 Å². The van der Waals surface area contributed by atoms with Crippen molar-refractivity contribution >= 4 is 24.0 Å². The highest BCUT2D eigenvalue weighted by Gasteiger charge is 2.50. The van der Waals surface area contributed by atoms with Crippen LogP contribution in [0.1, 0.15) is 39.5 Å². The van der Waals surface area contributed by atoms with E-state index in [1.54, 1.807) is 11.3 Å². The van der Waals surface area contributed by atoms with Crippen molar-refractivity contribution in [2.45, 2.75) is 45.8 Å². The molecule has 1 aliphatic rings. The van der Waals surface area contributed by atoms with Gasteiger partial charge in [-0.15, -0.1) is 11.3 Å². The van der Waals surface area contributed by atoms with E-state index in [2.05, 4.69) is 58.1 Å². The number of rotatable bonds is 2. The van der Waals surface area contributed by atoms with E-state index in [0.29, 0.717) is 0 Å². The van der Waals surface area contributed by atoms with Crippen molar-refractivity contribution in [1.29, 1.82) is 0 Å². The second-order valence-corrected chi connectivity index (χ2v) is 6.40. The second-order valence-electron chi connectivity index (χ2n) is 5.45. The van der Waals surface area contributed by atoms with Gasteiger partial charge in [0, 0.05) is 4.88 Å². The molecular weight excluding hydrogens is 231 g/mol. The van der Waals surface area contributed by atoms with Gasteiger partial charge >= 0.3 is 7.12 Å². The quantitative estimate of drug-likeness (QED) is 0.743. The predicted molar refractivity (Wildman–Crippen MR) is 74.1 cm³/mol. The molecule has 1 saturated heterocycles. The molecule has 0 aliphatic carbocycles. The molecule has 1 aromatic heterocycles. The lowest BCUT2D eigenvalue weighted by atomic mass is 9.87. The zero-order valence-corrected chi connectivity index (χ0v) is 11.9. The van der Waals surface area contributed by atoms with E-state index in [0.717, 1.165) is 0 Å². The minimum absolute atomic E-state index is 0.248. The molecule has 2 heterocycles. The minimum Gasteiger partial charge on any atom is -0.400 e. The first kappa shape index (κ1) is 12.9. The average molecular weight is 250 g/mol. The van der Waals surface area contributed by atoms with Gasteiger partial charge < -0.3 is 9.31 Å². The van der Waals surface area contributed by atoms with E-state index in [1.165, 1.54) is 10.5 Å². The summed E-state index contributed by atoms with van der Waals surface area (Å²) in [5, 5.41) is 2.08. The third-order valence-corrected chi connectivity index (χ3v) is 4.57. The molecule has 4 heteroatoms. The average Bonchev–Trinajstić information content (AvgIpc) is 2.73. The zero-order chi connectivity index (χ0) is 12.7. The molecule has 92 valence electrons. The van der Waals surface area contributed by atoms with Crippen LogP contribution in [0.2, 0.25) is 0 Å². The van der Waals surface area contributed by atoms with Crippen molar-refractivity contribution in [3.63, 3.8) is 0 Å². The number of allylic oxidation sites excluding steroid dienone is 1. The van der Waals surface area contributed by atoms with E-state index in [1.807, 2.05) is 0 Å². The summed E-state index contributed by atoms with van der Waals surface area (Å²) in [6, 6.07) is 4.17. The largest absolute Gasteiger partial charge is 0.487 e. The molecular formula is C13H19BO2S. The van der Waals surface area contributed by atoms with Gasteiger partial charge in [-0.05, 0) is 57.6 Å². The molecule has 0 radical (unpaired) electrons. The van der Waals surface area contributed by atoms with Crippen molar-refractivity contribution in [3.05, 3.63) is 28.4 Å². The van der Waals surface area contributed by atoms with Gasteiger partial charge in [0.25, 0.3) is 0 Å². The van der Waals surface area contributed by atoms with Crippen molar-refractivity contribution in [3.8, 4) is 0 Å². The monoisotopic (exact) mass is 250 g/mol. The smallest absolute Gasteiger partial charge is 0.400 e. The van der Waals surface area contributed by atoms with Crippen LogP contribution in [0.25, 0.3) is 5.57 Å². The van der Waals surface area contributed by atoms with Gasteiger partial charge in [0.2, 0.25) is 0 Å².